The van der Waals surface area contributed by atoms with Crippen LogP contribution in [0.5, 0.6) is 0 Å². The second kappa shape index (κ2) is 8.60. The molecule has 28 heavy (non-hydrogen) atoms. The summed E-state index contributed by atoms with van der Waals surface area (Å²) in [5, 5.41) is 3.24. The Hall–Kier alpha value is -1.95. The Kier molecular flexibility index (Phi) is 5.95. The van der Waals surface area contributed by atoms with Crippen LogP contribution in [0.1, 0.15) is 51.4 Å². The highest BCUT2D eigenvalue weighted by atomic mass is 19.1. The fourth-order valence-corrected chi connectivity index (χ4v) is 4.95. The van der Waals surface area contributed by atoms with E-state index in [2.05, 4.69) is 10.2 Å². The van der Waals surface area contributed by atoms with Gasteiger partial charge in [0.15, 0.2) is 0 Å². The zero-order valence-corrected chi connectivity index (χ0v) is 16.4. The molecule has 1 aromatic carbocycles. The molecule has 0 spiro atoms. The smallest absolute Gasteiger partial charge is 0.244 e. The highest BCUT2D eigenvalue weighted by Crippen LogP contribution is 2.29. The summed E-state index contributed by atoms with van der Waals surface area (Å²) in [5.74, 6) is -0.126. The van der Waals surface area contributed by atoms with Crippen LogP contribution >= 0.6 is 0 Å². The van der Waals surface area contributed by atoms with Gasteiger partial charge < -0.3 is 10.2 Å². The lowest BCUT2D eigenvalue weighted by molar-refractivity contribution is -0.128. The second-order valence-corrected chi connectivity index (χ2v) is 8.40. The highest BCUT2D eigenvalue weighted by Gasteiger charge is 2.39. The largest absolute Gasteiger partial charge is 0.353 e. The fourth-order valence-electron chi connectivity index (χ4n) is 4.95. The first-order valence-corrected chi connectivity index (χ1v) is 10.7. The number of hydrogen-bond acceptors (Lipinski definition) is 3. The molecule has 0 aromatic heterocycles. The van der Waals surface area contributed by atoms with E-state index in [1.54, 1.807) is 23.1 Å². The molecule has 6 heteroatoms. The predicted molar refractivity (Wildman–Crippen MR) is 106 cm³/mol. The molecule has 1 N–H and O–H groups in total. The molecule has 0 radical (unpaired) electrons. The van der Waals surface area contributed by atoms with E-state index in [0.29, 0.717) is 24.7 Å². The number of rotatable bonds is 4. The Bertz CT molecular complexity index is 711. The van der Waals surface area contributed by atoms with Gasteiger partial charge in [-0.15, -0.1) is 0 Å². The van der Waals surface area contributed by atoms with Gasteiger partial charge in [-0.1, -0.05) is 31.4 Å². The summed E-state index contributed by atoms with van der Waals surface area (Å²) in [6, 6.07) is 6.62. The first-order chi connectivity index (χ1) is 13.6. The number of piperidine rings is 1. The van der Waals surface area contributed by atoms with Crippen LogP contribution in [0.2, 0.25) is 0 Å². The minimum Gasteiger partial charge on any atom is -0.353 e. The summed E-state index contributed by atoms with van der Waals surface area (Å²) >= 11 is 0. The van der Waals surface area contributed by atoms with Crippen molar-refractivity contribution in [3.05, 3.63) is 30.1 Å². The van der Waals surface area contributed by atoms with Crippen LogP contribution in [0.3, 0.4) is 0 Å². The third-order valence-electron chi connectivity index (χ3n) is 6.61. The summed E-state index contributed by atoms with van der Waals surface area (Å²) in [4.78, 5) is 29.2. The van der Waals surface area contributed by atoms with Crippen molar-refractivity contribution in [2.45, 2.75) is 63.5 Å². The van der Waals surface area contributed by atoms with Gasteiger partial charge in [-0.2, -0.15) is 0 Å². The molecule has 3 aliphatic rings. The Labute approximate surface area is 166 Å². The SMILES string of the molecule is O=C(NC1CCCCC1)C1CCN(C2CCN(c3ccccc3F)C2=O)CC1. The number of nitrogens with zero attached hydrogens (tertiary/aromatic N) is 2. The van der Waals surface area contributed by atoms with Gasteiger partial charge in [0.1, 0.15) is 5.82 Å². The molecular weight excluding hydrogens is 357 g/mol. The first kappa shape index (κ1) is 19.4. The lowest BCUT2D eigenvalue weighted by atomic mass is 9.92. The van der Waals surface area contributed by atoms with Crippen molar-refractivity contribution >= 4 is 17.5 Å². The summed E-state index contributed by atoms with van der Waals surface area (Å²) < 4.78 is 14.1. The third-order valence-corrected chi connectivity index (χ3v) is 6.61. The summed E-state index contributed by atoms with van der Waals surface area (Å²) in [6.45, 7) is 2.06. The number of hydrogen-bond donors (Lipinski definition) is 1. The molecule has 4 rings (SSSR count). The quantitative estimate of drug-likeness (QED) is 0.864. The van der Waals surface area contributed by atoms with Crippen LogP contribution in [0.25, 0.3) is 0 Å². The van der Waals surface area contributed by atoms with E-state index in [9.17, 15) is 14.0 Å². The average molecular weight is 387 g/mol. The molecule has 1 saturated carbocycles. The van der Waals surface area contributed by atoms with Crippen LogP contribution in [0.4, 0.5) is 10.1 Å². The highest BCUT2D eigenvalue weighted by molar-refractivity contribution is 5.99. The summed E-state index contributed by atoms with van der Waals surface area (Å²) in [7, 11) is 0. The number of halogens is 1. The molecule has 2 saturated heterocycles. The molecule has 5 nitrogen and oxygen atoms in total. The van der Waals surface area contributed by atoms with E-state index in [4.69, 9.17) is 0 Å². The summed E-state index contributed by atoms with van der Waals surface area (Å²) in [5.41, 5.74) is 0.372. The molecule has 2 aliphatic heterocycles. The van der Waals surface area contributed by atoms with Crippen molar-refractivity contribution in [1.29, 1.82) is 0 Å². The molecular formula is C22H30FN3O2. The fraction of sp³-hybridized carbons (Fsp3) is 0.636. The molecule has 1 unspecified atom stereocenters. The number of benzene rings is 1. The van der Waals surface area contributed by atoms with Gasteiger partial charge in [-0.3, -0.25) is 14.5 Å². The Morgan fingerprint density at radius 1 is 0.964 bits per heavy atom. The van der Waals surface area contributed by atoms with E-state index >= 15 is 0 Å². The molecule has 2 heterocycles. The predicted octanol–water partition coefficient (Wildman–Crippen LogP) is 3.09. The standard InChI is InChI=1S/C22H30FN3O2/c23-18-8-4-5-9-19(18)26-15-12-20(22(26)28)25-13-10-16(11-14-25)21(27)24-17-6-2-1-3-7-17/h4-5,8-9,16-17,20H,1-3,6-7,10-15H2,(H,24,27). The summed E-state index contributed by atoms with van der Waals surface area (Å²) in [6.07, 6.45) is 8.22. The van der Waals surface area contributed by atoms with Gasteiger partial charge in [-0.05, 0) is 57.3 Å². The number of amides is 2. The Morgan fingerprint density at radius 2 is 1.68 bits per heavy atom. The number of anilines is 1. The zero-order chi connectivity index (χ0) is 19.5. The number of nitrogens with one attached hydrogen (secondary N) is 1. The first-order valence-electron chi connectivity index (χ1n) is 10.7. The van der Waals surface area contributed by atoms with Crippen molar-refractivity contribution in [2.75, 3.05) is 24.5 Å². The molecule has 3 fully saturated rings. The van der Waals surface area contributed by atoms with Gasteiger partial charge in [0.05, 0.1) is 11.7 Å². The maximum atomic E-state index is 14.1. The van der Waals surface area contributed by atoms with Gasteiger partial charge in [0, 0.05) is 18.5 Å². The lowest BCUT2D eigenvalue weighted by Gasteiger charge is -2.35. The van der Waals surface area contributed by atoms with Gasteiger partial charge >= 0.3 is 0 Å². The molecule has 1 aromatic rings. The molecule has 152 valence electrons. The molecule has 1 aliphatic carbocycles. The van der Waals surface area contributed by atoms with Crippen molar-refractivity contribution in [3.63, 3.8) is 0 Å². The number of para-hydroxylation sites is 1. The minimum absolute atomic E-state index is 0.0183. The monoisotopic (exact) mass is 387 g/mol. The van der Waals surface area contributed by atoms with E-state index in [-0.39, 0.29) is 29.6 Å². The van der Waals surface area contributed by atoms with E-state index in [1.165, 1.54) is 25.3 Å². The Morgan fingerprint density at radius 3 is 2.39 bits per heavy atom. The van der Waals surface area contributed by atoms with Crippen LogP contribution in [-0.2, 0) is 9.59 Å². The van der Waals surface area contributed by atoms with Gasteiger partial charge in [0.25, 0.3) is 0 Å². The van der Waals surface area contributed by atoms with Gasteiger partial charge in [-0.25, -0.2) is 4.39 Å². The molecule has 1 atom stereocenters. The second-order valence-electron chi connectivity index (χ2n) is 8.40. The van der Waals surface area contributed by atoms with Crippen LogP contribution < -0.4 is 10.2 Å². The van der Waals surface area contributed by atoms with Crippen molar-refractivity contribution < 1.29 is 14.0 Å². The third kappa shape index (κ3) is 4.07. The topological polar surface area (TPSA) is 52.7 Å². The zero-order valence-electron chi connectivity index (χ0n) is 16.4. The maximum absolute atomic E-state index is 14.1. The number of carbonyl (C=O) groups excluding carboxylic acids is 2. The van der Waals surface area contributed by atoms with E-state index < -0.39 is 0 Å². The van der Waals surface area contributed by atoms with Gasteiger partial charge in [0.2, 0.25) is 11.8 Å². The van der Waals surface area contributed by atoms with Crippen LogP contribution in [0.15, 0.2) is 24.3 Å². The van der Waals surface area contributed by atoms with E-state index in [1.807, 2.05) is 0 Å². The molecule has 2 amide bonds. The normalized spacial score (nSPS) is 25.2. The maximum Gasteiger partial charge on any atom is 0.244 e. The number of carbonyl (C=O) groups is 2. The number of likely N-dealkylation sites (tertiary alicyclic amines) is 1. The molecule has 0 bridgehead atoms. The van der Waals surface area contributed by atoms with Crippen LogP contribution in [0, 0.1) is 11.7 Å². The average Bonchev–Trinajstić information content (AvgIpc) is 3.10. The van der Waals surface area contributed by atoms with Crippen LogP contribution in [-0.4, -0.2) is 48.4 Å². The van der Waals surface area contributed by atoms with E-state index in [0.717, 1.165) is 38.8 Å². The van der Waals surface area contributed by atoms with Crippen molar-refractivity contribution in [1.82, 2.24) is 10.2 Å². The lowest BCUT2D eigenvalue weighted by Crippen LogP contribution is -2.49. The Balaban J connectivity index is 1.30. The van der Waals surface area contributed by atoms with Crippen molar-refractivity contribution in [3.8, 4) is 0 Å². The van der Waals surface area contributed by atoms with Crippen molar-refractivity contribution in [2.24, 2.45) is 5.92 Å². The minimum atomic E-state index is -0.352.